The van der Waals surface area contributed by atoms with Crippen LogP contribution in [0.4, 0.5) is 5.69 Å². The van der Waals surface area contributed by atoms with Gasteiger partial charge in [-0.15, -0.1) is 0 Å². The molecule has 1 heterocycles. The highest BCUT2D eigenvalue weighted by molar-refractivity contribution is 6.30. The van der Waals surface area contributed by atoms with Crippen LogP contribution in [0.5, 0.6) is 0 Å². The van der Waals surface area contributed by atoms with E-state index in [0.29, 0.717) is 23.9 Å². The van der Waals surface area contributed by atoms with Crippen LogP contribution in [-0.4, -0.2) is 41.7 Å². The SMILES string of the molecule is CC1CCN(CCC(=O)Nc2cccc(Cl)c2)C1CO. The minimum Gasteiger partial charge on any atom is -0.395 e. The maximum Gasteiger partial charge on any atom is 0.225 e. The number of aliphatic hydroxyl groups excluding tert-OH is 1. The number of aliphatic hydroxyl groups is 1. The second-order valence-electron chi connectivity index (χ2n) is 5.36. The maximum absolute atomic E-state index is 11.9. The molecule has 1 amide bonds. The lowest BCUT2D eigenvalue weighted by Gasteiger charge is -2.24. The molecule has 2 unspecified atom stereocenters. The van der Waals surface area contributed by atoms with E-state index in [1.807, 2.05) is 12.1 Å². The zero-order chi connectivity index (χ0) is 14.5. The first-order valence-corrected chi connectivity index (χ1v) is 7.38. The Morgan fingerprint density at radius 1 is 1.55 bits per heavy atom. The number of carbonyl (C=O) groups excluding carboxylic acids is 1. The van der Waals surface area contributed by atoms with Crippen LogP contribution in [0.25, 0.3) is 0 Å². The van der Waals surface area contributed by atoms with E-state index < -0.39 is 0 Å². The molecule has 0 radical (unpaired) electrons. The number of halogens is 1. The Kier molecular flexibility index (Phi) is 5.40. The van der Waals surface area contributed by atoms with Gasteiger partial charge in [-0.05, 0) is 37.1 Å². The third-order valence-electron chi connectivity index (χ3n) is 3.92. The highest BCUT2D eigenvalue weighted by Crippen LogP contribution is 2.23. The van der Waals surface area contributed by atoms with Gasteiger partial charge < -0.3 is 10.4 Å². The van der Waals surface area contributed by atoms with E-state index in [1.54, 1.807) is 12.1 Å². The number of benzene rings is 1. The summed E-state index contributed by atoms with van der Waals surface area (Å²) in [7, 11) is 0. The number of likely N-dealkylation sites (tertiary alicyclic amines) is 1. The van der Waals surface area contributed by atoms with Crippen molar-refractivity contribution >= 4 is 23.2 Å². The molecule has 2 atom stereocenters. The van der Waals surface area contributed by atoms with Crippen LogP contribution >= 0.6 is 11.6 Å². The summed E-state index contributed by atoms with van der Waals surface area (Å²) >= 11 is 5.88. The third-order valence-corrected chi connectivity index (χ3v) is 4.15. The molecule has 1 aliphatic heterocycles. The fourth-order valence-corrected chi connectivity index (χ4v) is 2.89. The summed E-state index contributed by atoms with van der Waals surface area (Å²) in [6, 6.07) is 7.32. The molecule has 4 nitrogen and oxygen atoms in total. The standard InChI is InChI=1S/C15H21ClN2O2/c1-11-5-7-18(14(11)10-19)8-6-15(20)17-13-4-2-3-12(16)9-13/h2-4,9,11,14,19H,5-8,10H2,1H3,(H,17,20). The molecule has 2 rings (SSSR count). The monoisotopic (exact) mass is 296 g/mol. The predicted octanol–water partition coefficient (Wildman–Crippen LogP) is 2.37. The summed E-state index contributed by atoms with van der Waals surface area (Å²) in [6.45, 7) is 3.95. The molecule has 20 heavy (non-hydrogen) atoms. The van der Waals surface area contributed by atoms with E-state index in [1.165, 1.54) is 0 Å². The lowest BCUT2D eigenvalue weighted by molar-refractivity contribution is -0.116. The molecule has 1 aromatic carbocycles. The smallest absolute Gasteiger partial charge is 0.225 e. The topological polar surface area (TPSA) is 52.6 Å². The molecule has 1 saturated heterocycles. The van der Waals surface area contributed by atoms with Gasteiger partial charge in [0.2, 0.25) is 5.91 Å². The minimum atomic E-state index is -0.0245. The highest BCUT2D eigenvalue weighted by atomic mass is 35.5. The largest absolute Gasteiger partial charge is 0.395 e. The number of nitrogens with zero attached hydrogens (tertiary/aromatic N) is 1. The summed E-state index contributed by atoms with van der Waals surface area (Å²) in [5.74, 6) is 0.472. The lowest BCUT2D eigenvalue weighted by atomic mass is 10.0. The lowest BCUT2D eigenvalue weighted by Crippen LogP contribution is -2.37. The Morgan fingerprint density at radius 2 is 2.35 bits per heavy atom. The molecular weight excluding hydrogens is 276 g/mol. The van der Waals surface area contributed by atoms with Crippen LogP contribution in [0.1, 0.15) is 19.8 Å². The van der Waals surface area contributed by atoms with Crippen molar-refractivity contribution in [2.24, 2.45) is 5.92 Å². The van der Waals surface area contributed by atoms with E-state index in [-0.39, 0.29) is 18.6 Å². The fraction of sp³-hybridized carbons (Fsp3) is 0.533. The Hall–Kier alpha value is -1.10. The van der Waals surface area contributed by atoms with E-state index in [0.717, 1.165) is 18.7 Å². The van der Waals surface area contributed by atoms with Gasteiger partial charge in [-0.1, -0.05) is 24.6 Å². The van der Waals surface area contributed by atoms with Crippen LogP contribution in [0.2, 0.25) is 5.02 Å². The molecule has 0 bridgehead atoms. The van der Waals surface area contributed by atoms with E-state index in [9.17, 15) is 9.90 Å². The van der Waals surface area contributed by atoms with Gasteiger partial charge in [-0.25, -0.2) is 0 Å². The van der Waals surface area contributed by atoms with Crippen molar-refractivity contribution in [3.8, 4) is 0 Å². The van der Waals surface area contributed by atoms with Gasteiger partial charge in [0.1, 0.15) is 0 Å². The molecule has 1 aliphatic rings. The molecule has 2 N–H and O–H groups in total. The van der Waals surface area contributed by atoms with Crippen molar-refractivity contribution in [1.29, 1.82) is 0 Å². The number of nitrogens with one attached hydrogen (secondary N) is 1. The van der Waals surface area contributed by atoms with Crippen molar-refractivity contribution < 1.29 is 9.90 Å². The predicted molar refractivity (Wildman–Crippen MR) is 80.9 cm³/mol. The summed E-state index contributed by atoms with van der Waals surface area (Å²) in [5, 5.41) is 12.8. The molecule has 0 aliphatic carbocycles. The molecule has 1 aromatic rings. The van der Waals surface area contributed by atoms with Gasteiger partial charge in [0.15, 0.2) is 0 Å². The number of amides is 1. The molecular formula is C15H21ClN2O2. The van der Waals surface area contributed by atoms with Crippen LogP contribution in [0.15, 0.2) is 24.3 Å². The second-order valence-corrected chi connectivity index (χ2v) is 5.80. The number of hydrogen-bond acceptors (Lipinski definition) is 3. The molecule has 0 aromatic heterocycles. The van der Waals surface area contributed by atoms with Crippen LogP contribution in [0, 0.1) is 5.92 Å². The summed E-state index contributed by atoms with van der Waals surface area (Å²) in [4.78, 5) is 14.1. The van der Waals surface area contributed by atoms with Crippen LogP contribution in [-0.2, 0) is 4.79 Å². The molecule has 5 heteroatoms. The van der Waals surface area contributed by atoms with Gasteiger partial charge in [0.25, 0.3) is 0 Å². The summed E-state index contributed by atoms with van der Waals surface area (Å²) < 4.78 is 0. The van der Waals surface area contributed by atoms with Gasteiger partial charge >= 0.3 is 0 Å². The Labute approximate surface area is 124 Å². The molecule has 0 saturated carbocycles. The van der Waals surface area contributed by atoms with Crippen molar-refractivity contribution in [2.45, 2.75) is 25.8 Å². The normalized spacial score (nSPS) is 22.9. The molecule has 0 spiro atoms. The average molecular weight is 297 g/mol. The second kappa shape index (κ2) is 7.07. The van der Waals surface area contributed by atoms with Crippen LogP contribution < -0.4 is 5.32 Å². The first-order valence-electron chi connectivity index (χ1n) is 7.00. The number of carbonyl (C=O) groups is 1. The van der Waals surface area contributed by atoms with Gasteiger partial charge in [-0.3, -0.25) is 9.69 Å². The zero-order valence-electron chi connectivity index (χ0n) is 11.7. The first-order chi connectivity index (χ1) is 9.60. The van der Waals surface area contributed by atoms with E-state index in [2.05, 4.69) is 17.1 Å². The van der Waals surface area contributed by atoms with Crippen molar-refractivity contribution in [3.05, 3.63) is 29.3 Å². The van der Waals surface area contributed by atoms with Crippen molar-refractivity contribution in [2.75, 3.05) is 25.0 Å². The highest BCUT2D eigenvalue weighted by Gasteiger charge is 2.30. The summed E-state index contributed by atoms with van der Waals surface area (Å²) in [5.41, 5.74) is 0.719. The van der Waals surface area contributed by atoms with Crippen LogP contribution in [0.3, 0.4) is 0 Å². The van der Waals surface area contributed by atoms with Gasteiger partial charge in [0, 0.05) is 29.7 Å². The molecule has 110 valence electrons. The van der Waals surface area contributed by atoms with Gasteiger partial charge in [-0.2, -0.15) is 0 Å². The van der Waals surface area contributed by atoms with E-state index >= 15 is 0 Å². The number of hydrogen-bond donors (Lipinski definition) is 2. The van der Waals surface area contributed by atoms with Gasteiger partial charge in [0.05, 0.1) is 6.61 Å². The first kappa shape index (κ1) is 15.3. The minimum absolute atomic E-state index is 0.0245. The van der Waals surface area contributed by atoms with Crippen molar-refractivity contribution in [3.63, 3.8) is 0 Å². The Bertz CT molecular complexity index is 467. The zero-order valence-corrected chi connectivity index (χ0v) is 12.4. The fourth-order valence-electron chi connectivity index (χ4n) is 2.70. The maximum atomic E-state index is 11.9. The Balaban J connectivity index is 1.81. The number of rotatable bonds is 5. The average Bonchev–Trinajstić information content (AvgIpc) is 2.77. The molecule has 1 fully saturated rings. The Morgan fingerprint density at radius 3 is 3.05 bits per heavy atom. The quantitative estimate of drug-likeness (QED) is 0.877. The van der Waals surface area contributed by atoms with E-state index in [4.69, 9.17) is 11.6 Å². The number of anilines is 1. The summed E-state index contributed by atoms with van der Waals surface area (Å²) in [6.07, 6.45) is 1.51. The van der Waals surface area contributed by atoms with Crippen molar-refractivity contribution in [1.82, 2.24) is 4.90 Å². The third kappa shape index (κ3) is 3.95.